The lowest BCUT2D eigenvalue weighted by atomic mass is 9.78. The molecule has 0 atom stereocenters. The van der Waals surface area contributed by atoms with Crippen LogP contribution < -0.4 is 5.48 Å². The number of rotatable bonds is 5. The summed E-state index contributed by atoms with van der Waals surface area (Å²) in [7, 11) is 0. The number of hydroxylamine groups is 1. The third kappa shape index (κ3) is 3.99. The molecule has 0 spiro atoms. The van der Waals surface area contributed by atoms with Gasteiger partial charge in [0.25, 0.3) is 5.91 Å². The average Bonchev–Trinajstić information content (AvgIpc) is 3.29. The Morgan fingerprint density at radius 3 is 2.56 bits per heavy atom. The summed E-state index contributed by atoms with van der Waals surface area (Å²) in [6, 6.07) is 15.7. The molecule has 3 aromatic rings. The summed E-state index contributed by atoms with van der Waals surface area (Å²) in [5, 5.41) is 8.96. The zero-order valence-electron chi connectivity index (χ0n) is 18.0. The van der Waals surface area contributed by atoms with Crippen molar-refractivity contribution in [3.8, 4) is 0 Å². The Kier molecular flexibility index (Phi) is 5.64. The van der Waals surface area contributed by atoms with Crippen molar-refractivity contribution in [2.75, 3.05) is 19.6 Å². The number of carbonyl (C=O) groups is 1. The van der Waals surface area contributed by atoms with Crippen molar-refractivity contribution >= 4 is 16.9 Å². The van der Waals surface area contributed by atoms with E-state index in [9.17, 15) is 4.79 Å². The second-order valence-corrected chi connectivity index (χ2v) is 8.79. The first-order valence-corrected chi connectivity index (χ1v) is 11.3. The van der Waals surface area contributed by atoms with Crippen molar-refractivity contribution in [3.05, 3.63) is 89.8 Å². The van der Waals surface area contributed by atoms with Gasteiger partial charge in [0.15, 0.2) is 0 Å². The van der Waals surface area contributed by atoms with E-state index in [4.69, 9.17) is 10.2 Å². The van der Waals surface area contributed by atoms with Gasteiger partial charge >= 0.3 is 0 Å². The highest BCUT2D eigenvalue weighted by Crippen LogP contribution is 2.36. The van der Waals surface area contributed by atoms with Crippen LogP contribution in [0.4, 0.5) is 0 Å². The van der Waals surface area contributed by atoms with E-state index in [2.05, 4.69) is 58.5 Å². The van der Waals surface area contributed by atoms with Gasteiger partial charge in [-0.3, -0.25) is 10.0 Å². The maximum atomic E-state index is 11.8. The summed E-state index contributed by atoms with van der Waals surface area (Å²) < 4.78 is 0. The molecule has 1 fully saturated rings. The molecule has 2 aromatic carbocycles. The van der Waals surface area contributed by atoms with E-state index in [0.717, 1.165) is 36.5 Å². The third-order valence-electron chi connectivity index (χ3n) is 6.61. The molecule has 6 nitrogen and oxygen atoms in total. The second-order valence-electron chi connectivity index (χ2n) is 8.79. The monoisotopic (exact) mass is 428 g/mol. The molecule has 1 aromatic heterocycles. The lowest BCUT2D eigenvalue weighted by molar-refractivity contribution is 0.0706. The Morgan fingerprint density at radius 2 is 1.84 bits per heavy atom. The highest BCUT2D eigenvalue weighted by molar-refractivity contribution is 5.96. The number of amides is 1. The maximum absolute atomic E-state index is 11.8. The number of aromatic amines is 1. The number of imidazole rings is 1. The predicted molar refractivity (Wildman–Crippen MR) is 125 cm³/mol. The van der Waals surface area contributed by atoms with Gasteiger partial charge in [-0.25, -0.2) is 10.5 Å². The van der Waals surface area contributed by atoms with Crippen LogP contribution in [0.15, 0.2) is 72.8 Å². The van der Waals surface area contributed by atoms with E-state index >= 15 is 0 Å². The number of likely N-dealkylation sites (tertiary alicyclic amines) is 1. The smallest absolute Gasteiger partial charge is 0.274 e. The Balaban J connectivity index is 1.52. The number of carbonyl (C=O) groups excluding carboxylic acids is 1. The number of nitrogens with zero attached hydrogens (tertiary/aromatic N) is 2. The molecule has 1 amide bonds. The third-order valence-corrected chi connectivity index (χ3v) is 6.61. The fourth-order valence-corrected chi connectivity index (χ4v) is 4.83. The minimum Gasteiger partial charge on any atom is -0.341 e. The number of allylic oxidation sites excluding steroid dienone is 2. The van der Waals surface area contributed by atoms with Crippen LogP contribution in [0.3, 0.4) is 0 Å². The van der Waals surface area contributed by atoms with Crippen molar-refractivity contribution in [2.45, 2.75) is 30.6 Å². The molecule has 5 rings (SSSR count). The number of benzene rings is 2. The fraction of sp³-hybridized carbons (Fsp3) is 0.308. The highest BCUT2D eigenvalue weighted by Gasteiger charge is 2.35. The van der Waals surface area contributed by atoms with Crippen LogP contribution >= 0.6 is 0 Å². The zero-order chi connectivity index (χ0) is 22.0. The van der Waals surface area contributed by atoms with Crippen molar-refractivity contribution in [1.82, 2.24) is 20.3 Å². The number of piperidine rings is 1. The van der Waals surface area contributed by atoms with Gasteiger partial charge < -0.3 is 9.88 Å². The first-order valence-electron chi connectivity index (χ1n) is 11.3. The number of hydrogen-bond acceptors (Lipinski definition) is 4. The van der Waals surface area contributed by atoms with Crippen LogP contribution in [-0.4, -0.2) is 45.6 Å². The predicted octanol–water partition coefficient (Wildman–Crippen LogP) is 4.32. The molecule has 6 heteroatoms. The number of H-pyrrole nitrogens is 1. The van der Waals surface area contributed by atoms with Crippen molar-refractivity contribution in [3.63, 3.8) is 0 Å². The molecule has 2 heterocycles. The van der Waals surface area contributed by atoms with E-state index < -0.39 is 5.91 Å². The lowest BCUT2D eigenvalue weighted by Gasteiger charge is -2.36. The second kappa shape index (κ2) is 8.73. The minimum absolute atomic E-state index is 0.245. The molecule has 32 heavy (non-hydrogen) atoms. The zero-order valence-corrected chi connectivity index (χ0v) is 18.0. The van der Waals surface area contributed by atoms with E-state index in [1.807, 2.05) is 12.1 Å². The van der Waals surface area contributed by atoms with Gasteiger partial charge in [-0.2, -0.15) is 0 Å². The molecule has 1 aliphatic carbocycles. The minimum atomic E-state index is -0.533. The van der Waals surface area contributed by atoms with Gasteiger partial charge in [0, 0.05) is 18.0 Å². The normalized spacial score (nSPS) is 23.5. The van der Waals surface area contributed by atoms with E-state index in [1.54, 1.807) is 17.6 Å². The standard InChI is InChI=1S/C26H28N4O2/c31-24(29-32)21-9-10-22-23(17-21)28-25(27-22)26(18-30-15-5-2-6-16-30)13-11-20(12-14-26)19-7-3-1-4-8-19/h1,3-4,7-14,17,20,32H,2,5-6,15-16,18H2,(H,27,28)(H,29,31). The van der Waals surface area contributed by atoms with Crippen molar-refractivity contribution in [1.29, 1.82) is 0 Å². The fourth-order valence-electron chi connectivity index (χ4n) is 4.83. The number of fused-ring (bicyclic) bond motifs is 1. The van der Waals surface area contributed by atoms with Crippen LogP contribution in [0.2, 0.25) is 0 Å². The Morgan fingerprint density at radius 1 is 1.09 bits per heavy atom. The van der Waals surface area contributed by atoms with Crippen molar-refractivity contribution in [2.24, 2.45) is 0 Å². The summed E-state index contributed by atoms with van der Waals surface area (Å²) in [6.07, 6.45) is 12.9. The molecule has 1 saturated heterocycles. The first kappa shape index (κ1) is 20.7. The maximum Gasteiger partial charge on any atom is 0.274 e. The van der Waals surface area contributed by atoms with Gasteiger partial charge in [0.05, 0.1) is 16.4 Å². The summed E-state index contributed by atoms with van der Waals surface area (Å²) in [4.78, 5) is 22.8. The molecule has 3 N–H and O–H groups in total. The molecule has 1 aliphatic heterocycles. The molecule has 0 saturated carbocycles. The van der Waals surface area contributed by atoms with Gasteiger partial charge in [-0.1, -0.05) is 61.1 Å². The SMILES string of the molecule is O=C(NO)c1ccc2nc(C3(CN4CCCCC4)C=CC(c4ccccc4)C=C3)[nH]c2c1. The quantitative estimate of drug-likeness (QED) is 0.321. The first-order chi connectivity index (χ1) is 15.7. The molecular weight excluding hydrogens is 400 g/mol. The molecular formula is C26H28N4O2. The number of nitrogens with one attached hydrogen (secondary N) is 2. The molecule has 164 valence electrons. The summed E-state index contributed by atoms with van der Waals surface area (Å²) >= 11 is 0. The van der Waals surface area contributed by atoms with E-state index in [-0.39, 0.29) is 11.3 Å². The lowest BCUT2D eigenvalue weighted by Crippen LogP contribution is -2.42. The van der Waals surface area contributed by atoms with E-state index in [0.29, 0.717) is 5.56 Å². The Bertz CT molecular complexity index is 1150. The largest absolute Gasteiger partial charge is 0.341 e. The van der Waals surface area contributed by atoms with Gasteiger partial charge in [0.1, 0.15) is 5.82 Å². The molecule has 0 radical (unpaired) electrons. The highest BCUT2D eigenvalue weighted by atomic mass is 16.5. The summed E-state index contributed by atoms with van der Waals surface area (Å²) in [5.74, 6) is 0.586. The van der Waals surface area contributed by atoms with Crippen LogP contribution in [0.5, 0.6) is 0 Å². The van der Waals surface area contributed by atoms with Crippen molar-refractivity contribution < 1.29 is 10.0 Å². The molecule has 0 bridgehead atoms. The Labute approximate surface area is 187 Å². The van der Waals surface area contributed by atoms with Gasteiger partial charge in [-0.05, 0) is 49.7 Å². The van der Waals surface area contributed by atoms with Crippen LogP contribution in [-0.2, 0) is 5.41 Å². The summed E-state index contributed by atoms with van der Waals surface area (Å²) in [5.41, 5.74) is 4.59. The van der Waals surface area contributed by atoms with E-state index in [1.165, 1.54) is 24.8 Å². The van der Waals surface area contributed by atoms with Gasteiger partial charge in [-0.15, -0.1) is 0 Å². The van der Waals surface area contributed by atoms with Gasteiger partial charge in [0.2, 0.25) is 0 Å². The van der Waals surface area contributed by atoms with Crippen LogP contribution in [0.25, 0.3) is 11.0 Å². The van der Waals surface area contributed by atoms with Crippen LogP contribution in [0.1, 0.15) is 46.9 Å². The number of aromatic nitrogens is 2. The molecule has 0 unspecified atom stereocenters. The number of hydrogen-bond donors (Lipinski definition) is 3. The summed E-state index contributed by atoms with van der Waals surface area (Å²) in [6.45, 7) is 3.07. The molecule has 2 aliphatic rings. The van der Waals surface area contributed by atoms with Crippen LogP contribution in [0, 0.1) is 0 Å². The Hall–Kier alpha value is -3.22. The average molecular weight is 429 g/mol. The topological polar surface area (TPSA) is 81.2 Å².